The lowest BCUT2D eigenvalue weighted by Gasteiger charge is -2.07. The van der Waals surface area contributed by atoms with Gasteiger partial charge in [0.1, 0.15) is 5.75 Å². The molecular weight excluding hydrogens is 365 g/mol. The number of pyridine rings is 1. The highest BCUT2D eigenvalue weighted by molar-refractivity contribution is 6.33. The highest BCUT2D eigenvalue weighted by atomic mass is 35.5. The van der Waals surface area contributed by atoms with Gasteiger partial charge in [-0.15, -0.1) is 0 Å². The van der Waals surface area contributed by atoms with Crippen LogP contribution in [-0.2, 0) is 11.2 Å². The number of ether oxygens (including phenoxy) is 1. The molecule has 2 heterocycles. The Kier molecular flexibility index (Phi) is 4.94. The highest BCUT2D eigenvalue weighted by Gasteiger charge is 2.16. The summed E-state index contributed by atoms with van der Waals surface area (Å²) in [5.74, 6) is -1.37. The Morgan fingerprint density at radius 2 is 2.19 bits per heavy atom. The minimum Gasteiger partial charge on any atom is -0.478 e. The van der Waals surface area contributed by atoms with Crippen molar-refractivity contribution in [1.82, 2.24) is 15.1 Å². The van der Waals surface area contributed by atoms with Crippen molar-refractivity contribution >= 4 is 17.6 Å². The molecule has 0 atom stereocenters. The number of aliphatic carboxylic acids is 1. The van der Waals surface area contributed by atoms with Gasteiger partial charge in [-0.2, -0.15) is 4.98 Å². The molecule has 7 nitrogen and oxygen atoms in total. The maximum atomic E-state index is 13.6. The molecule has 3 rings (SSSR count). The number of benzene rings is 1. The summed E-state index contributed by atoms with van der Waals surface area (Å²) in [4.78, 5) is 18.7. The lowest BCUT2D eigenvalue weighted by Crippen LogP contribution is -2.02. The molecule has 1 N–H and O–H groups in total. The summed E-state index contributed by atoms with van der Waals surface area (Å²) in [6.07, 6.45) is 1.32. The fraction of sp³-hybridized carbons (Fsp3) is 0.0588. The first-order valence-electron chi connectivity index (χ1n) is 7.26. The van der Waals surface area contributed by atoms with Gasteiger partial charge < -0.3 is 14.4 Å². The minimum atomic E-state index is -1.15. The number of hydrogen-bond acceptors (Lipinski definition) is 6. The number of carboxylic acids is 1. The number of halogens is 2. The van der Waals surface area contributed by atoms with Gasteiger partial charge in [0.25, 0.3) is 5.88 Å². The van der Waals surface area contributed by atoms with Crippen molar-refractivity contribution in [2.45, 2.75) is 6.42 Å². The lowest BCUT2D eigenvalue weighted by molar-refractivity contribution is -0.132. The van der Waals surface area contributed by atoms with E-state index < -0.39 is 11.8 Å². The minimum absolute atomic E-state index is 0.0765. The number of hydrogen-bond donors (Lipinski definition) is 1. The van der Waals surface area contributed by atoms with Crippen LogP contribution >= 0.6 is 11.6 Å². The second kappa shape index (κ2) is 7.32. The van der Waals surface area contributed by atoms with Crippen LogP contribution < -0.4 is 4.74 Å². The van der Waals surface area contributed by atoms with Crippen molar-refractivity contribution in [3.05, 3.63) is 65.4 Å². The van der Waals surface area contributed by atoms with E-state index in [0.717, 1.165) is 0 Å². The van der Waals surface area contributed by atoms with Crippen LogP contribution in [0.2, 0.25) is 5.02 Å². The van der Waals surface area contributed by atoms with Crippen LogP contribution in [0.15, 0.2) is 53.2 Å². The van der Waals surface area contributed by atoms with E-state index >= 15 is 0 Å². The van der Waals surface area contributed by atoms with E-state index in [-0.39, 0.29) is 40.4 Å². The Morgan fingerprint density at radius 1 is 1.38 bits per heavy atom. The first kappa shape index (κ1) is 17.6. The first-order chi connectivity index (χ1) is 12.4. The van der Waals surface area contributed by atoms with Gasteiger partial charge in [0, 0.05) is 23.4 Å². The highest BCUT2D eigenvalue weighted by Crippen LogP contribution is 2.31. The van der Waals surface area contributed by atoms with E-state index in [1.54, 1.807) is 12.1 Å². The van der Waals surface area contributed by atoms with Crippen molar-refractivity contribution < 1.29 is 23.6 Å². The average Bonchev–Trinajstić information content (AvgIpc) is 3.05. The predicted molar refractivity (Wildman–Crippen MR) is 89.5 cm³/mol. The summed E-state index contributed by atoms with van der Waals surface area (Å²) in [7, 11) is 0. The number of carbonyl (C=O) groups is 1. The van der Waals surface area contributed by atoms with Crippen molar-refractivity contribution in [3.63, 3.8) is 0 Å². The van der Waals surface area contributed by atoms with E-state index in [4.69, 9.17) is 26.0 Å². The van der Waals surface area contributed by atoms with E-state index in [0.29, 0.717) is 5.56 Å². The molecule has 9 heteroatoms. The van der Waals surface area contributed by atoms with Crippen LogP contribution in [0.3, 0.4) is 0 Å². The van der Waals surface area contributed by atoms with Gasteiger partial charge in [0.05, 0.1) is 11.4 Å². The summed E-state index contributed by atoms with van der Waals surface area (Å²) in [6.45, 7) is 3.40. The Balaban J connectivity index is 1.80. The van der Waals surface area contributed by atoms with E-state index in [1.807, 2.05) is 0 Å². The van der Waals surface area contributed by atoms with Crippen molar-refractivity contribution in [1.29, 1.82) is 0 Å². The van der Waals surface area contributed by atoms with Crippen LogP contribution in [-0.4, -0.2) is 26.2 Å². The molecule has 2 aromatic heterocycles. The number of carboxylic acid groups (broad SMARTS) is 1. The SMILES string of the molecule is C=C(Cc1nc(-c2ccc(Oc3ncccc3F)cc2Cl)no1)C(=O)O. The van der Waals surface area contributed by atoms with Crippen LogP contribution in [0.1, 0.15) is 5.89 Å². The molecule has 1 aromatic carbocycles. The summed E-state index contributed by atoms with van der Waals surface area (Å²) < 4.78 is 23.9. The number of rotatable bonds is 6. The molecule has 0 saturated heterocycles. The molecule has 0 amide bonds. The van der Waals surface area contributed by atoms with Crippen molar-refractivity contribution in [2.75, 3.05) is 0 Å². The monoisotopic (exact) mass is 375 g/mol. The molecule has 0 aliphatic carbocycles. The average molecular weight is 376 g/mol. The van der Waals surface area contributed by atoms with Gasteiger partial charge in [0.2, 0.25) is 11.7 Å². The zero-order chi connectivity index (χ0) is 18.7. The van der Waals surface area contributed by atoms with Crippen LogP contribution in [0, 0.1) is 5.82 Å². The van der Waals surface area contributed by atoms with Gasteiger partial charge >= 0.3 is 5.97 Å². The Bertz CT molecular complexity index is 990. The summed E-state index contributed by atoms with van der Waals surface area (Å²) in [5.41, 5.74) is 0.365. The second-order valence-electron chi connectivity index (χ2n) is 5.13. The van der Waals surface area contributed by atoms with Gasteiger partial charge in [-0.05, 0) is 24.3 Å². The van der Waals surface area contributed by atoms with Crippen LogP contribution in [0.4, 0.5) is 4.39 Å². The molecule has 0 aliphatic rings. The van der Waals surface area contributed by atoms with Crippen LogP contribution in [0.5, 0.6) is 11.6 Å². The van der Waals surface area contributed by atoms with E-state index in [2.05, 4.69) is 21.7 Å². The first-order valence-corrected chi connectivity index (χ1v) is 7.64. The molecule has 26 heavy (non-hydrogen) atoms. The summed E-state index contributed by atoms with van der Waals surface area (Å²) >= 11 is 6.21. The van der Waals surface area contributed by atoms with Crippen molar-refractivity contribution in [2.24, 2.45) is 0 Å². The van der Waals surface area contributed by atoms with E-state index in [1.165, 1.54) is 24.4 Å². The van der Waals surface area contributed by atoms with Gasteiger partial charge in [-0.3, -0.25) is 0 Å². The molecule has 132 valence electrons. The van der Waals surface area contributed by atoms with Gasteiger partial charge in [-0.25, -0.2) is 14.2 Å². The van der Waals surface area contributed by atoms with Crippen LogP contribution in [0.25, 0.3) is 11.4 Å². The number of aromatic nitrogens is 3. The maximum Gasteiger partial charge on any atom is 0.331 e. The van der Waals surface area contributed by atoms with E-state index in [9.17, 15) is 9.18 Å². The third-order valence-corrected chi connectivity index (χ3v) is 3.57. The predicted octanol–water partition coefficient (Wildman–Crippen LogP) is 3.90. The molecule has 0 fully saturated rings. The quantitative estimate of drug-likeness (QED) is 0.652. The van der Waals surface area contributed by atoms with Gasteiger partial charge in [-0.1, -0.05) is 23.3 Å². The fourth-order valence-corrected chi connectivity index (χ4v) is 2.25. The molecule has 0 radical (unpaired) electrons. The zero-order valence-electron chi connectivity index (χ0n) is 13.1. The molecule has 0 bridgehead atoms. The maximum absolute atomic E-state index is 13.6. The zero-order valence-corrected chi connectivity index (χ0v) is 13.9. The van der Waals surface area contributed by atoms with Crippen molar-refractivity contribution in [3.8, 4) is 23.0 Å². The second-order valence-corrected chi connectivity index (χ2v) is 5.54. The lowest BCUT2D eigenvalue weighted by atomic mass is 10.2. The molecule has 0 spiro atoms. The van der Waals surface area contributed by atoms with Gasteiger partial charge in [0.15, 0.2) is 5.82 Å². The summed E-state index contributed by atoms with van der Waals surface area (Å²) in [6, 6.07) is 7.24. The standard InChI is InChI=1S/C17H11ClFN3O4/c1-9(17(23)24)7-14-21-15(22-26-14)11-5-4-10(8-12(11)18)25-16-13(19)3-2-6-20-16/h2-6,8H,1,7H2,(H,23,24). The summed E-state index contributed by atoms with van der Waals surface area (Å²) in [5, 5.41) is 12.8. The Hall–Kier alpha value is -3.26. The fourth-order valence-electron chi connectivity index (χ4n) is 1.99. The Labute approximate surface area is 151 Å². The normalized spacial score (nSPS) is 10.5. The molecule has 0 saturated carbocycles. The smallest absolute Gasteiger partial charge is 0.331 e. The molecule has 0 unspecified atom stereocenters. The molecule has 0 aliphatic heterocycles. The molecule has 3 aromatic rings. The third kappa shape index (κ3) is 3.86. The Morgan fingerprint density at radius 3 is 2.88 bits per heavy atom. The molecular formula is C17H11ClFN3O4. The number of nitrogens with zero attached hydrogens (tertiary/aromatic N) is 3. The largest absolute Gasteiger partial charge is 0.478 e. The topological polar surface area (TPSA) is 98.3 Å². The third-order valence-electron chi connectivity index (χ3n) is 3.26.